The van der Waals surface area contributed by atoms with Crippen LogP contribution < -0.4 is 0 Å². The molecule has 0 aliphatic rings. The Morgan fingerprint density at radius 1 is 1.45 bits per heavy atom. The van der Waals surface area contributed by atoms with Gasteiger partial charge in [0.15, 0.2) is 0 Å². The zero-order valence-electron chi connectivity index (χ0n) is 11.5. The minimum atomic E-state index is -0.447. The highest BCUT2D eigenvalue weighted by atomic mass is 79.9. The first kappa shape index (κ1) is 16.6. The van der Waals surface area contributed by atoms with Gasteiger partial charge in [-0.05, 0) is 35.0 Å². The second-order valence-corrected chi connectivity index (χ2v) is 4.62. The number of rotatable bonds is 7. The highest BCUT2D eigenvalue weighted by Crippen LogP contribution is 2.15. The normalized spacial score (nSPS) is 10.2. The van der Waals surface area contributed by atoms with E-state index in [2.05, 4.69) is 20.9 Å². The van der Waals surface area contributed by atoms with Gasteiger partial charge < -0.3 is 14.4 Å². The Morgan fingerprint density at radius 2 is 2.20 bits per heavy atom. The molecule has 0 aromatic carbocycles. The van der Waals surface area contributed by atoms with E-state index in [-0.39, 0.29) is 19.1 Å². The third-order valence-corrected chi connectivity index (χ3v) is 3.10. The van der Waals surface area contributed by atoms with Gasteiger partial charge in [-0.25, -0.2) is 4.98 Å². The molecule has 0 atom stereocenters. The molecule has 1 heterocycles. The molecule has 0 unspecified atom stereocenters. The number of halogens is 1. The summed E-state index contributed by atoms with van der Waals surface area (Å²) in [5.74, 6) is -0.743. The molecule has 20 heavy (non-hydrogen) atoms. The molecule has 0 radical (unpaired) electrons. The summed E-state index contributed by atoms with van der Waals surface area (Å²) in [6.07, 6.45) is 1.58. The minimum absolute atomic E-state index is 0.114. The summed E-state index contributed by atoms with van der Waals surface area (Å²) < 4.78 is 10.3. The summed E-state index contributed by atoms with van der Waals surface area (Å²) >= 11 is 3.22. The summed E-state index contributed by atoms with van der Waals surface area (Å²) in [5.41, 5.74) is 0.396. The molecule has 110 valence electrons. The van der Waals surface area contributed by atoms with Crippen LogP contribution in [-0.2, 0) is 14.3 Å². The number of hydrogen-bond donors (Lipinski definition) is 0. The summed E-state index contributed by atoms with van der Waals surface area (Å²) in [5, 5.41) is 0. The lowest BCUT2D eigenvalue weighted by atomic mass is 10.2. The molecule has 1 rings (SSSR count). The molecule has 1 amide bonds. The highest BCUT2D eigenvalue weighted by Gasteiger charge is 2.21. The van der Waals surface area contributed by atoms with Gasteiger partial charge in [0.05, 0.1) is 18.8 Å². The van der Waals surface area contributed by atoms with Crippen LogP contribution in [0.1, 0.15) is 17.3 Å². The molecule has 0 bridgehead atoms. The zero-order chi connectivity index (χ0) is 15.0. The van der Waals surface area contributed by atoms with Gasteiger partial charge in [0, 0.05) is 19.9 Å². The Kier molecular flexibility index (Phi) is 7.17. The van der Waals surface area contributed by atoms with Gasteiger partial charge >= 0.3 is 5.97 Å². The van der Waals surface area contributed by atoms with Crippen molar-refractivity contribution in [1.82, 2.24) is 9.88 Å². The van der Waals surface area contributed by atoms with Crippen molar-refractivity contribution < 1.29 is 19.1 Å². The maximum absolute atomic E-state index is 12.4. The van der Waals surface area contributed by atoms with Crippen molar-refractivity contribution in [2.75, 3.05) is 33.4 Å². The van der Waals surface area contributed by atoms with Crippen molar-refractivity contribution >= 4 is 27.8 Å². The largest absolute Gasteiger partial charge is 0.465 e. The van der Waals surface area contributed by atoms with E-state index >= 15 is 0 Å². The Hall–Kier alpha value is -1.47. The Bertz CT molecular complexity index is 467. The van der Waals surface area contributed by atoms with E-state index in [0.29, 0.717) is 23.3 Å². The van der Waals surface area contributed by atoms with Crippen LogP contribution in [0.3, 0.4) is 0 Å². The molecule has 0 saturated heterocycles. The summed E-state index contributed by atoms with van der Waals surface area (Å²) in [7, 11) is 1.53. The summed E-state index contributed by atoms with van der Waals surface area (Å²) in [6, 6.07) is 3.31. The standard InChI is InChI=1S/C13H17BrN2O4/c1-3-20-11(17)9-16(7-8-19-2)13(18)10-5-4-6-15-12(10)14/h4-6H,3,7-9H2,1-2H3. The number of esters is 1. The van der Waals surface area contributed by atoms with Gasteiger partial charge in [-0.3, -0.25) is 9.59 Å². The van der Waals surface area contributed by atoms with Crippen molar-refractivity contribution in [2.24, 2.45) is 0 Å². The Balaban J connectivity index is 2.84. The van der Waals surface area contributed by atoms with Crippen LogP contribution in [0.4, 0.5) is 0 Å². The summed E-state index contributed by atoms with van der Waals surface area (Å²) in [4.78, 5) is 29.3. The van der Waals surface area contributed by atoms with Gasteiger partial charge in [-0.15, -0.1) is 0 Å². The van der Waals surface area contributed by atoms with Crippen LogP contribution in [0.15, 0.2) is 22.9 Å². The van der Waals surface area contributed by atoms with Gasteiger partial charge in [0.2, 0.25) is 0 Å². The summed E-state index contributed by atoms with van der Waals surface area (Å²) in [6.45, 7) is 2.52. The van der Waals surface area contributed by atoms with Crippen LogP contribution in [0.25, 0.3) is 0 Å². The molecule has 1 aromatic rings. The predicted octanol–water partition coefficient (Wildman–Crippen LogP) is 1.50. The minimum Gasteiger partial charge on any atom is -0.465 e. The van der Waals surface area contributed by atoms with E-state index in [1.807, 2.05) is 0 Å². The number of carbonyl (C=O) groups is 2. The number of aromatic nitrogens is 1. The first-order valence-corrected chi connectivity index (χ1v) is 6.93. The van der Waals surface area contributed by atoms with Crippen LogP contribution >= 0.6 is 15.9 Å². The van der Waals surface area contributed by atoms with Crippen LogP contribution in [0.2, 0.25) is 0 Å². The fraction of sp³-hybridized carbons (Fsp3) is 0.462. The predicted molar refractivity (Wildman–Crippen MR) is 76.3 cm³/mol. The monoisotopic (exact) mass is 344 g/mol. The van der Waals surface area contributed by atoms with E-state index < -0.39 is 5.97 Å². The third-order valence-electron chi connectivity index (χ3n) is 2.47. The highest BCUT2D eigenvalue weighted by molar-refractivity contribution is 9.10. The molecule has 7 heteroatoms. The van der Waals surface area contributed by atoms with Crippen molar-refractivity contribution in [3.8, 4) is 0 Å². The van der Waals surface area contributed by atoms with Gasteiger partial charge in [-0.1, -0.05) is 0 Å². The molecular weight excluding hydrogens is 328 g/mol. The number of methoxy groups -OCH3 is 1. The average Bonchev–Trinajstić information content (AvgIpc) is 2.43. The topological polar surface area (TPSA) is 68.7 Å². The van der Waals surface area contributed by atoms with Gasteiger partial charge in [0.25, 0.3) is 5.91 Å². The van der Waals surface area contributed by atoms with Gasteiger partial charge in [0.1, 0.15) is 11.1 Å². The fourth-order valence-electron chi connectivity index (χ4n) is 1.53. The molecular formula is C13H17BrN2O4. The third kappa shape index (κ3) is 4.90. The smallest absolute Gasteiger partial charge is 0.325 e. The van der Waals surface area contributed by atoms with E-state index in [9.17, 15) is 9.59 Å². The molecule has 0 fully saturated rings. The van der Waals surface area contributed by atoms with E-state index in [4.69, 9.17) is 9.47 Å². The number of nitrogens with zero attached hydrogens (tertiary/aromatic N) is 2. The second kappa shape index (κ2) is 8.65. The maximum atomic E-state index is 12.4. The van der Waals surface area contributed by atoms with Crippen molar-refractivity contribution in [1.29, 1.82) is 0 Å². The van der Waals surface area contributed by atoms with Crippen molar-refractivity contribution in [2.45, 2.75) is 6.92 Å². The molecule has 0 N–H and O–H groups in total. The van der Waals surface area contributed by atoms with E-state index in [0.717, 1.165) is 0 Å². The van der Waals surface area contributed by atoms with Crippen LogP contribution in [0, 0.1) is 0 Å². The van der Waals surface area contributed by atoms with Crippen LogP contribution in [0.5, 0.6) is 0 Å². The molecule has 0 saturated carbocycles. The van der Waals surface area contributed by atoms with E-state index in [1.165, 1.54) is 12.0 Å². The lowest BCUT2D eigenvalue weighted by Crippen LogP contribution is -2.39. The first-order valence-electron chi connectivity index (χ1n) is 6.14. The van der Waals surface area contributed by atoms with Gasteiger partial charge in [-0.2, -0.15) is 0 Å². The molecule has 0 aliphatic heterocycles. The average molecular weight is 345 g/mol. The Morgan fingerprint density at radius 3 is 2.80 bits per heavy atom. The number of pyridine rings is 1. The molecule has 6 nitrogen and oxygen atoms in total. The number of carbonyl (C=O) groups excluding carboxylic acids is 2. The quantitative estimate of drug-likeness (QED) is 0.553. The SMILES string of the molecule is CCOC(=O)CN(CCOC)C(=O)c1cccnc1Br. The Labute approximate surface area is 126 Å². The number of amides is 1. The maximum Gasteiger partial charge on any atom is 0.325 e. The fourth-order valence-corrected chi connectivity index (χ4v) is 1.95. The lowest BCUT2D eigenvalue weighted by molar-refractivity contribution is -0.143. The molecule has 0 spiro atoms. The molecule has 1 aromatic heterocycles. The second-order valence-electron chi connectivity index (χ2n) is 3.87. The first-order chi connectivity index (χ1) is 9.60. The zero-order valence-corrected chi connectivity index (χ0v) is 13.1. The molecule has 0 aliphatic carbocycles. The van der Waals surface area contributed by atoms with Crippen molar-refractivity contribution in [3.05, 3.63) is 28.5 Å². The van der Waals surface area contributed by atoms with Crippen molar-refractivity contribution in [3.63, 3.8) is 0 Å². The number of hydrogen-bond acceptors (Lipinski definition) is 5. The van der Waals surface area contributed by atoms with E-state index in [1.54, 1.807) is 25.3 Å². The van der Waals surface area contributed by atoms with Crippen LogP contribution in [-0.4, -0.2) is 55.2 Å². The lowest BCUT2D eigenvalue weighted by Gasteiger charge is -2.21. The number of ether oxygens (including phenoxy) is 2.